The molecule has 1 amide bonds. The fourth-order valence-corrected chi connectivity index (χ4v) is 4.17. The van der Waals surface area contributed by atoms with E-state index in [0.29, 0.717) is 23.4 Å². The van der Waals surface area contributed by atoms with E-state index in [1.165, 1.54) is 23.6 Å². The minimum atomic E-state index is -0.0559. The topological polar surface area (TPSA) is 74.8 Å². The Labute approximate surface area is 144 Å². The number of amides is 1. The van der Waals surface area contributed by atoms with Crippen molar-refractivity contribution < 1.29 is 4.79 Å². The number of aromatic amines is 1. The summed E-state index contributed by atoms with van der Waals surface area (Å²) in [6, 6.07) is 0. The first kappa shape index (κ1) is 18.0. The lowest BCUT2D eigenvalue weighted by Crippen LogP contribution is -2.22. The summed E-state index contributed by atoms with van der Waals surface area (Å²) in [5, 5.41) is 4.10. The van der Waals surface area contributed by atoms with Crippen molar-refractivity contribution in [2.24, 2.45) is 5.92 Å². The summed E-state index contributed by atoms with van der Waals surface area (Å²) in [6.45, 7) is 8.49. The van der Waals surface area contributed by atoms with Crippen LogP contribution in [0.2, 0.25) is 0 Å². The minimum Gasteiger partial charge on any atom is -0.356 e. The summed E-state index contributed by atoms with van der Waals surface area (Å²) >= 11 is 3.04. The number of aryl methyl sites for hydroxylation is 1. The van der Waals surface area contributed by atoms with Crippen LogP contribution in [0.3, 0.4) is 0 Å². The van der Waals surface area contributed by atoms with E-state index in [2.05, 4.69) is 36.1 Å². The van der Waals surface area contributed by atoms with Crippen LogP contribution < -0.4 is 10.9 Å². The van der Waals surface area contributed by atoms with Gasteiger partial charge < -0.3 is 10.3 Å². The van der Waals surface area contributed by atoms with Gasteiger partial charge in [0.25, 0.3) is 5.56 Å². The quantitative estimate of drug-likeness (QED) is 0.456. The zero-order valence-electron chi connectivity index (χ0n) is 14.0. The molecule has 7 heteroatoms. The third kappa shape index (κ3) is 4.57. The molecule has 2 rings (SSSR count). The summed E-state index contributed by atoms with van der Waals surface area (Å²) in [5.74, 6) is 1.18. The van der Waals surface area contributed by atoms with Crippen molar-refractivity contribution in [2.75, 3.05) is 12.3 Å². The molecule has 2 aromatic heterocycles. The molecule has 0 aliphatic heterocycles. The van der Waals surface area contributed by atoms with E-state index < -0.39 is 0 Å². The Morgan fingerprint density at radius 1 is 1.48 bits per heavy atom. The molecule has 0 radical (unpaired) electrons. The smallest absolute Gasteiger partial charge is 0.260 e. The molecule has 126 valence electrons. The molecule has 0 saturated carbocycles. The van der Waals surface area contributed by atoms with E-state index >= 15 is 0 Å². The van der Waals surface area contributed by atoms with Gasteiger partial charge >= 0.3 is 0 Å². The van der Waals surface area contributed by atoms with Crippen molar-refractivity contribution in [3.63, 3.8) is 0 Å². The Balaban J connectivity index is 2.22. The summed E-state index contributed by atoms with van der Waals surface area (Å²) in [6.07, 6.45) is 2.02. The van der Waals surface area contributed by atoms with Crippen molar-refractivity contribution in [1.82, 2.24) is 15.3 Å². The van der Waals surface area contributed by atoms with Crippen LogP contribution in [0, 0.1) is 12.8 Å². The number of nitrogens with one attached hydrogen (secondary N) is 2. The predicted molar refractivity (Wildman–Crippen MR) is 97.5 cm³/mol. The van der Waals surface area contributed by atoms with Crippen LogP contribution in [-0.4, -0.2) is 28.2 Å². The molecule has 0 fully saturated rings. The summed E-state index contributed by atoms with van der Waals surface area (Å²) in [5.41, 5.74) is 1.09. The number of nitrogens with zero attached hydrogens (tertiary/aromatic N) is 1. The normalized spacial score (nSPS) is 12.5. The molecule has 2 aromatic rings. The number of hydrogen-bond acceptors (Lipinski definition) is 5. The van der Waals surface area contributed by atoms with Gasteiger partial charge in [0.1, 0.15) is 4.83 Å². The lowest BCUT2D eigenvalue weighted by Gasteiger charge is -2.08. The summed E-state index contributed by atoms with van der Waals surface area (Å²) < 4.78 is 0. The van der Waals surface area contributed by atoms with Crippen LogP contribution >= 0.6 is 23.1 Å². The first-order chi connectivity index (χ1) is 10.9. The summed E-state index contributed by atoms with van der Waals surface area (Å²) in [7, 11) is 0. The highest BCUT2D eigenvalue weighted by Crippen LogP contribution is 2.30. The maximum atomic E-state index is 12.5. The highest BCUT2D eigenvalue weighted by atomic mass is 32.2. The lowest BCUT2D eigenvalue weighted by atomic mass is 9.98. The minimum absolute atomic E-state index is 0.0499. The van der Waals surface area contributed by atoms with E-state index in [4.69, 9.17) is 0 Å². The van der Waals surface area contributed by atoms with Crippen LogP contribution in [0.1, 0.15) is 37.6 Å². The number of fused-ring (bicyclic) bond motifs is 1. The number of thioether (sulfide) groups is 1. The first-order valence-corrected chi connectivity index (χ1v) is 9.62. The maximum absolute atomic E-state index is 12.5. The molecule has 23 heavy (non-hydrogen) atoms. The Morgan fingerprint density at radius 2 is 2.22 bits per heavy atom. The van der Waals surface area contributed by atoms with Crippen LogP contribution in [0.25, 0.3) is 10.2 Å². The van der Waals surface area contributed by atoms with E-state index in [-0.39, 0.29) is 11.5 Å². The number of carbonyl (C=O) groups is 1. The molecule has 0 aliphatic rings. The number of thiophene rings is 1. The molecular weight excluding hydrogens is 330 g/mol. The maximum Gasteiger partial charge on any atom is 0.260 e. The average Bonchev–Trinajstić information content (AvgIpc) is 2.79. The van der Waals surface area contributed by atoms with Crippen LogP contribution in [0.4, 0.5) is 0 Å². The van der Waals surface area contributed by atoms with Gasteiger partial charge in [-0.25, -0.2) is 4.98 Å². The second kappa shape index (κ2) is 7.97. The molecule has 2 heterocycles. The molecule has 0 aromatic carbocycles. The van der Waals surface area contributed by atoms with Gasteiger partial charge in [-0.2, -0.15) is 0 Å². The number of hydrogen-bond donors (Lipinski definition) is 2. The Morgan fingerprint density at radius 3 is 2.87 bits per heavy atom. The molecule has 0 spiro atoms. The fraction of sp³-hybridized carbons (Fsp3) is 0.562. The van der Waals surface area contributed by atoms with Gasteiger partial charge in [0.2, 0.25) is 5.91 Å². The molecule has 2 N–H and O–H groups in total. The van der Waals surface area contributed by atoms with Crippen LogP contribution in [-0.2, 0) is 11.2 Å². The van der Waals surface area contributed by atoms with E-state index in [1.807, 2.05) is 0 Å². The lowest BCUT2D eigenvalue weighted by molar-refractivity contribution is -0.118. The molecule has 0 bridgehead atoms. The van der Waals surface area contributed by atoms with Crippen molar-refractivity contribution in [1.29, 1.82) is 0 Å². The van der Waals surface area contributed by atoms with Crippen molar-refractivity contribution in [2.45, 2.75) is 45.7 Å². The summed E-state index contributed by atoms with van der Waals surface area (Å²) in [4.78, 5) is 32.8. The van der Waals surface area contributed by atoms with Gasteiger partial charge in [-0.3, -0.25) is 9.59 Å². The molecule has 1 atom stereocenters. The zero-order valence-corrected chi connectivity index (χ0v) is 15.6. The molecule has 0 unspecified atom stereocenters. The Bertz CT molecular complexity index is 752. The monoisotopic (exact) mass is 353 g/mol. The van der Waals surface area contributed by atoms with Crippen molar-refractivity contribution in [3.8, 4) is 0 Å². The van der Waals surface area contributed by atoms with E-state index in [1.54, 1.807) is 11.3 Å². The van der Waals surface area contributed by atoms with Crippen LogP contribution in [0.15, 0.2) is 9.95 Å². The van der Waals surface area contributed by atoms with Gasteiger partial charge in [0.05, 0.1) is 5.39 Å². The molecule has 0 aliphatic carbocycles. The Hall–Kier alpha value is -1.34. The average molecular weight is 354 g/mol. The second-order valence-corrected chi connectivity index (χ2v) is 8.02. The molecular formula is C16H23N3O2S2. The van der Waals surface area contributed by atoms with E-state index in [0.717, 1.165) is 28.6 Å². The van der Waals surface area contributed by atoms with E-state index in [9.17, 15) is 9.59 Å². The predicted octanol–water partition coefficient (Wildman–Crippen LogP) is 3.11. The van der Waals surface area contributed by atoms with Gasteiger partial charge in [-0.15, -0.1) is 11.3 Å². The highest BCUT2D eigenvalue weighted by molar-refractivity contribution is 7.99. The number of rotatable bonds is 7. The van der Waals surface area contributed by atoms with Gasteiger partial charge in [-0.05, 0) is 24.8 Å². The third-order valence-electron chi connectivity index (χ3n) is 3.81. The largest absolute Gasteiger partial charge is 0.356 e. The van der Waals surface area contributed by atoms with Crippen LogP contribution in [0.5, 0.6) is 0 Å². The zero-order chi connectivity index (χ0) is 17.0. The number of carbonyl (C=O) groups excluding carboxylic acids is 1. The molecule has 0 saturated heterocycles. The van der Waals surface area contributed by atoms with Gasteiger partial charge in [-0.1, -0.05) is 32.0 Å². The fourth-order valence-electron chi connectivity index (χ4n) is 2.34. The molecule has 5 nitrogen and oxygen atoms in total. The van der Waals surface area contributed by atoms with Crippen molar-refractivity contribution >= 4 is 39.2 Å². The Kier molecular flexibility index (Phi) is 6.24. The van der Waals surface area contributed by atoms with Gasteiger partial charge in [0.15, 0.2) is 5.16 Å². The second-order valence-electron chi connectivity index (χ2n) is 5.74. The first-order valence-electron chi connectivity index (χ1n) is 7.81. The van der Waals surface area contributed by atoms with Crippen molar-refractivity contribution in [3.05, 3.63) is 20.8 Å². The number of aromatic nitrogens is 2. The number of H-pyrrole nitrogens is 1. The highest BCUT2D eigenvalue weighted by Gasteiger charge is 2.16. The standard InChI is InChI=1S/C16H23N3O2S2/c1-5-9(2)8-12-10(3)23-15-13(12)14(21)18-16(19-15)22-7-6-17-11(4)20/h9H,5-8H2,1-4H3,(H,17,20)(H,18,19,21)/t9-/m0/s1. The van der Waals surface area contributed by atoms with Gasteiger partial charge in [0, 0.05) is 24.1 Å². The SMILES string of the molecule is CC[C@H](C)Cc1c(C)sc2nc(SCCNC(C)=O)[nH]c(=O)c12. The third-order valence-corrected chi connectivity index (χ3v) is 5.72.